The predicted molar refractivity (Wildman–Crippen MR) is 109 cm³/mol. The van der Waals surface area contributed by atoms with Crippen LogP contribution in [0.3, 0.4) is 0 Å². The minimum atomic E-state index is -1.46. The quantitative estimate of drug-likeness (QED) is 0.309. The van der Waals surface area contributed by atoms with Crippen LogP contribution in [0, 0.1) is 0 Å². The zero-order valence-corrected chi connectivity index (χ0v) is 15.0. The molecule has 2 heterocycles. The third-order valence-electron chi connectivity index (χ3n) is 5.43. The van der Waals surface area contributed by atoms with Gasteiger partial charge in [-0.2, -0.15) is 0 Å². The van der Waals surface area contributed by atoms with Gasteiger partial charge >= 0.3 is 0 Å². The van der Waals surface area contributed by atoms with Crippen molar-refractivity contribution in [2.75, 3.05) is 5.32 Å². The van der Waals surface area contributed by atoms with Gasteiger partial charge in [-0.25, -0.2) is 0 Å². The topological polar surface area (TPSA) is 12.0 Å². The molecule has 0 radical (unpaired) electrons. The Kier molecular flexibility index (Phi) is 2.75. The predicted octanol–water partition coefficient (Wildman–Crippen LogP) is 7.06. The largest absolute Gasteiger partial charge is 0.354 e. The molecule has 0 fully saturated rings. The second-order valence-electron chi connectivity index (χ2n) is 6.72. The number of fused-ring (bicyclic) bond motifs is 9. The molecule has 2 aliphatic rings. The number of benzene rings is 4. The van der Waals surface area contributed by atoms with Crippen molar-refractivity contribution in [1.29, 1.82) is 0 Å². The molecule has 26 heavy (non-hydrogen) atoms. The monoisotopic (exact) mass is 351 g/mol. The van der Waals surface area contributed by atoms with E-state index in [1.54, 1.807) is 0 Å². The molecule has 124 valence electrons. The fourth-order valence-electron chi connectivity index (χ4n) is 4.44. The molecule has 1 nitrogen and oxygen atoms in total. The van der Waals surface area contributed by atoms with Crippen molar-refractivity contribution in [2.24, 2.45) is 0 Å². The molecule has 0 amide bonds. The first-order valence-electron chi connectivity index (χ1n) is 8.88. The lowest BCUT2D eigenvalue weighted by Crippen LogP contribution is -2.11. The lowest BCUT2D eigenvalue weighted by Gasteiger charge is -2.44. The van der Waals surface area contributed by atoms with Crippen LogP contribution in [0.25, 0.3) is 11.1 Å². The van der Waals surface area contributed by atoms with E-state index in [0.29, 0.717) is 0 Å². The van der Waals surface area contributed by atoms with Gasteiger partial charge in [-0.1, -0.05) is 60.7 Å². The summed E-state index contributed by atoms with van der Waals surface area (Å²) in [4.78, 5) is 5.75. The molecule has 4 aromatic rings. The normalized spacial score (nSPS) is 16.0. The van der Waals surface area contributed by atoms with Crippen molar-refractivity contribution in [1.82, 2.24) is 0 Å². The Morgan fingerprint density at radius 2 is 0.808 bits per heavy atom. The minimum Gasteiger partial charge on any atom is -0.354 e. The highest BCUT2D eigenvalue weighted by Gasteiger charge is 2.45. The molecule has 0 saturated heterocycles. The molecule has 0 bridgehead atoms. The standard InChI is InChI=1S/C24H17NS/c1-5-13-21-17(9-1)18-10-2-6-14-22(18)26(21)23-15-7-3-11-19(23)25-20-12-4-8-16-24(20)26/h1-16,25H. The zero-order valence-electron chi connectivity index (χ0n) is 14.1. The van der Waals surface area contributed by atoms with Gasteiger partial charge in [0.15, 0.2) is 0 Å². The Balaban J connectivity index is 1.87. The van der Waals surface area contributed by atoms with E-state index in [9.17, 15) is 0 Å². The average Bonchev–Trinajstić information content (AvgIpc) is 3.00. The van der Waals surface area contributed by atoms with Crippen LogP contribution < -0.4 is 5.32 Å². The lowest BCUT2D eigenvalue weighted by molar-refractivity contribution is 1.24. The number of anilines is 2. The van der Waals surface area contributed by atoms with Crippen molar-refractivity contribution >= 4 is 21.4 Å². The van der Waals surface area contributed by atoms with Gasteiger partial charge in [0, 0.05) is 19.6 Å². The second-order valence-corrected chi connectivity index (χ2v) is 9.71. The first kappa shape index (κ1) is 14.2. The highest BCUT2D eigenvalue weighted by atomic mass is 32.3. The molecule has 0 atom stereocenters. The molecule has 2 heteroatoms. The maximum atomic E-state index is 3.67. The summed E-state index contributed by atoms with van der Waals surface area (Å²) in [6.45, 7) is 0. The molecule has 0 aliphatic carbocycles. The van der Waals surface area contributed by atoms with Crippen molar-refractivity contribution < 1.29 is 0 Å². The van der Waals surface area contributed by atoms with Gasteiger partial charge in [-0.3, -0.25) is 0 Å². The molecule has 0 unspecified atom stereocenters. The molecule has 2 aliphatic heterocycles. The summed E-state index contributed by atoms with van der Waals surface area (Å²) in [5.41, 5.74) is 5.22. The summed E-state index contributed by atoms with van der Waals surface area (Å²) in [5, 5.41) is 3.67. The van der Waals surface area contributed by atoms with Crippen LogP contribution in [0.2, 0.25) is 0 Å². The fraction of sp³-hybridized carbons (Fsp3) is 0. The minimum absolute atomic E-state index is 1.23. The Bertz CT molecular complexity index is 1080. The van der Waals surface area contributed by atoms with E-state index in [2.05, 4.69) is 102 Å². The molecule has 1 spiro atoms. The summed E-state index contributed by atoms with van der Waals surface area (Å²) in [7, 11) is -1.46. The van der Waals surface area contributed by atoms with Crippen LogP contribution >= 0.6 is 10.0 Å². The molecule has 0 aromatic heterocycles. The average molecular weight is 351 g/mol. The summed E-state index contributed by atoms with van der Waals surface area (Å²) >= 11 is 0. The van der Waals surface area contributed by atoms with Gasteiger partial charge < -0.3 is 5.32 Å². The van der Waals surface area contributed by atoms with Crippen LogP contribution in [0.15, 0.2) is 117 Å². The summed E-state index contributed by atoms with van der Waals surface area (Å²) in [5.74, 6) is 0. The van der Waals surface area contributed by atoms with Crippen molar-refractivity contribution in [3.05, 3.63) is 97.1 Å². The summed E-state index contributed by atoms with van der Waals surface area (Å²) in [6, 6.07) is 35.6. The van der Waals surface area contributed by atoms with Gasteiger partial charge in [0.2, 0.25) is 0 Å². The van der Waals surface area contributed by atoms with E-state index in [4.69, 9.17) is 0 Å². The maximum Gasteiger partial charge on any atom is 0.0517 e. The van der Waals surface area contributed by atoms with Crippen molar-refractivity contribution in [3.63, 3.8) is 0 Å². The van der Waals surface area contributed by atoms with Gasteiger partial charge in [0.05, 0.1) is 11.4 Å². The Morgan fingerprint density at radius 1 is 0.423 bits per heavy atom. The number of nitrogens with one attached hydrogen (secondary N) is 1. The fourth-order valence-corrected chi connectivity index (χ4v) is 8.91. The van der Waals surface area contributed by atoms with Gasteiger partial charge in [-0.05, 0) is 47.5 Å². The van der Waals surface area contributed by atoms with Crippen LogP contribution in [0.5, 0.6) is 0 Å². The van der Waals surface area contributed by atoms with E-state index in [1.165, 1.54) is 42.1 Å². The Morgan fingerprint density at radius 3 is 1.31 bits per heavy atom. The van der Waals surface area contributed by atoms with Gasteiger partial charge in [0.1, 0.15) is 0 Å². The number of para-hydroxylation sites is 2. The zero-order chi connectivity index (χ0) is 17.1. The Labute approximate surface area is 154 Å². The van der Waals surface area contributed by atoms with E-state index in [0.717, 1.165) is 0 Å². The highest BCUT2D eigenvalue weighted by Crippen LogP contribution is 2.83. The van der Waals surface area contributed by atoms with Gasteiger partial charge in [0.25, 0.3) is 0 Å². The van der Waals surface area contributed by atoms with E-state index in [-0.39, 0.29) is 0 Å². The number of rotatable bonds is 0. The second kappa shape index (κ2) is 5.03. The van der Waals surface area contributed by atoms with Gasteiger partial charge in [-0.15, -0.1) is 10.0 Å². The first-order chi connectivity index (χ1) is 12.9. The third-order valence-corrected chi connectivity index (χ3v) is 9.49. The molecule has 1 N–H and O–H groups in total. The van der Waals surface area contributed by atoms with Crippen molar-refractivity contribution in [2.45, 2.75) is 19.6 Å². The van der Waals surface area contributed by atoms with E-state index >= 15 is 0 Å². The smallest absolute Gasteiger partial charge is 0.0517 e. The van der Waals surface area contributed by atoms with Crippen LogP contribution in [0.4, 0.5) is 11.4 Å². The molecule has 0 saturated carbocycles. The maximum absolute atomic E-state index is 3.67. The number of hydrogen-bond acceptors (Lipinski definition) is 1. The summed E-state index contributed by atoms with van der Waals surface area (Å²) < 4.78 is 0. The molecular weight excluding hydrogens is 334 g/mol. The van der Waals surface area contributed by atoms with E-state index < -0.39 is 10.0 Å². The number of hydrogen-bond donors (Lipinski definition) is 1. The SMILES string of the molecule is c1ccc2c(c1)Nc1ccccc1S21c2ccccc2-c2ccccc21. The van der Waals surface area contributed by atoms with Crippen LogP contribution in [-0.2, 0) is 0 Å². The lowest BCUT2D eigenvalue weighted by atomic mass is 10.1. The molecule has 4 aromatic carbocycles. The van der Waals surface area contributed by atoms with Crippen LogP contribution in [0.1, 0.15) is 0 Å². The first-order valence-corrected chi connectivity index (χ1v) is 10.5. The third kappa shape index (κ3) is 1.58. The Hall–Kier alpha value is -2.97. The van der Waals surface area contributed by atoms with E-state index in [1.807, 2.05) is 0 Å². The van der Waals surface area contributed by atoms with Crippen molar-refractivity contribution in [3.8, 4) is 11.1 Å². The van der Waals surface area contributed by atoms with Crippen LogP contribution in [-0.4, -0.2) is 0 Å². The highest BCUT2D eigenvalue weighted by molar-refractivity contribution is 8.34. The molecular formula is C24H17NS. The molecule has 6 rings (SSSR count). The summed E-state index contributed by atoms with van der Waals surface area (Å²) in [6.07, 6.45) is 0.